The molecule has 174 valence electrons. The Morgan fingerprint density at radius 1 is 1.15 bits per heavy atom. The zero-order valence-corrected chi connectivity index (χ0v) is 19.7. The van der Waals surface area contributed by atoms with E-state index in [4.69, 9.17) is 0 Å². The third-order valence-electron chi connectivity index (χ3n) is 9.13. The maximum absolute atomic E-state index is 13.5. The lowest BCUT2D eigenvalue weighted by Gasteiger charge is -2.43. The third kappa shape index (κ3) is 2.77. The molecule has 5 heterocycles. The Morgan fingerprint density at radius 3 is 2.91 bits per heavy atom. The number of rotatable bonds is 2. The number of allylic oxidation sites excluding steroid dienone is 1. The van der Waals surface area contributed by atoms with Crippen molar-refractivity contribution in [3.63, 3.8) is 0 Å². The zero-order chi connectivity index (χ0) is 22.9. The molecule has 3 aromatic rings. The molecule has 3 N–H and O–H groups in total. The molecule has 0 bridgehead atoms. The number of carbonyl (C=O) groups is 1. The summed E-state index contributed by atoms with van der Waals surface area (Å²) < 4.78 is 0. The number of hydrogen-bond acceptors (Lipinski definition) is 3. The zero-order valence-electron chi connectivity index (χ0n) is 19.7. The minimum Gasteiger partial charge on any atom is -0.357 e. The van der Waals surface area contributed by atoms with E-state index in [1.165, 1.54) is 33.3 Å². The van der Waals surface area contributed by atoms with Crippen LogP contribution in [-0.2, 0) is 16.6 Å². The molecule has 4 atom stereocenters. The van der Waals surface area contributed by atoms with Crippen LogP contribution in [0.5, 0.6) is 0 Å². The number of piperidine rings is 1. The molecule has 2 saturated heterocycles. The van der Waals surface area contributed by atoms with E-state index in [-0.39, 0.29) is 11.9 Å². The van der Waals surface area contributed by atoms with Crippen LogP contribution in [0.15, 0.2) is 60.2 Å². The van der Waals surface area contributed by atoms with E-state index in [1.54, 1.807) is 0 Å². The van der Waals surface area contributed by atoms with Crippen LogP contribution in [-0.4, -0.2) is 41.5 Å². The molecule has 5 nitrogen and oxygen atoms in total. The number of nitrogens with zero attached hydrogens (tertiary/aromatic N) is 1. The van der Waals surface area contributed by atoms with Gasteiger partial charge >= 0.3 is 0 Å². The highest BCUT2D eigenvalue weighted by molar-refractivity contribution is 6.07. The first-order valence-electron chi connectivity index (χ1n) is 12.8. The summed E-state index contributed by atoms with van der Waals surface area (Å²) in [5.41, 5.74) is 7.46. The molecule has 4 aliphatic rings. The first-order chi connectivity index (χ1) is 16.7. The summed E-state index contributed by atoms with van der Waals surface area (Å²) in [4.78, 5) is 19.8. The average Bonchev–Trinajstić information content (AvgIpc) is 3.52. The Labute approximate surface area is 200 Å². The number of para-hydroxylation sites is 2. The fourth-order valence-corrected chi connectivity index (χ4v) is 7.52. The van der Waals surface area contributed by atoms with Crippen molar-refractivity contribution in [3.05, 3.63) is 77.0 Å². The predicted molar refractivity (Wildman–Crippen MR) is 136 cm³/mol. The van der Waals surface area contributed by atoms with E-state index in [2.05, 4.69) is 76.0 Å². The van der Waals surface area contributed by atoms with Crippen molar-refractivity contribution in [3.8, 4) is 0 Å². The van der Waals surface area contributed by atoms with Gasteiger partial charge in [-0.1, -0.05) is 48.0 Å². The van der Waals surface area contributed by atoms with Gasteiger partial charge in [0.15, 0.2) is 0 Å². The maximum Gasteiger partial charge on any atom is 0.236 e. The molecule has 1 aromatic heterocycles. The van der Waals surface area contributed by atoms with Gasteiger partial charge in [0.2, 0.25) is 5.91 Å². The fourth-order valence-electron chi connectivity index (χ4n) is 7.52. The second-order valence-corrected chi connectivity index (χ2v) is 10.6. The third-order valence-corrected chi connectivity index (χ3v) is 9.13. The summed E-state index contributed by atoms with van der Waals surface area (Å²) in [6, 6.07) is 17.6. The number of fused-ring (bicyclic) bond motifs is 7. The molecule has 0 radical (unpaired) electrons. The van der Waals surface area contributed by atoms with Gasteiger partial charge in [0, 0.05) is 47.5 Å². The number of hydrogen-bond donors (Lipinski definition) is 3. The topological polar surface area (TPSA) is 60.2 Å². The molecule has 4 aliphatic heterocycles. The fraction of sp³-hybridized carbons (Fsp3) is 0.414. The van der Waals surface area contributed by atoms with Gasteiger partial charge < -0.3 is 15.6 Å². The molecule has 34 heavy (non-hydrogen) atoms. The summed E-state index contributed by atoms with van der Waals surface area (Å²) in [7, 11) is 0. The van der Waals surface area contributed by atoms with Crippen molar-refractivity contribution in [1.29, 1.82) is 0 Å². The van der Waals surface area contributed by atoms with Crippen LogP contribution >= 0.6 is 0 Å². The standard InChI is InChI=1S/C29H32N4O/c1-2-18-17-33-14-12-29(22-8-4-6-10-24(22)32-28(29)34)26(33)16-19(18)15-25-27-21(11-13-30-25)20-7-3-5-9-23(20)31-27/h2-10,19,25-26,30-31H,11-17H2,1H3,(H,32,34)/b18-2+/t19-,25+,26+,29+/m1/s1. The second-order valence-electron chi connectivity index (χ2n) is 10.6. The van der Waals surface area contributed by atoms with Crippen molar-refractivity contribution in [2.75, 3.05) is 25.0 Å². The summed E-state index contributed by atoms with van der Waals surface area (Å²) in [6.07, 6.45) is 6.44. The van der Waals surface area contributed by atoms with Crippen molar-refractivity contribution >= 4 is 22.5 Å². The van der Waals surface area contributed by atoms with Crippen LogP contribution in [0.2, 0.25) is 0 Å². The van der Waals surface area contributed by atoms with Gasteiger partial charge in [-0.15, -0.1) is 0 Å². The van der Waals surface area contributed by atoms with Gasteiger partial charge in [-0.25, -0.2) is 0 Å². The number of aromatic nitrogens is 1. The van der Waals surface area contributed by atoms with Crippen molar-refractivity contribution in [2.45, 2.75) is 50.1 Å². The number of H-pyrrole nitrogens is 1. The number of benzene rings is 2. The second kappa shape index (κ2) is 7.56. The van der Waals surface area contributed by atoms with Gasteiger partial charge in [-0.3, -0.25) is 9.69 Å². The van der Waals surface area contributed by atoms with Crippen molar-refractivity contribution in [2.24, 2.45) is 5.92 Å². The number of nitrogens with one attached hydrogen (secondary N) is 3. The van der Waals surface area contributed by atoms with Crippen LogP contribution in [0.4, 0.5) is 5.69 Å². The number of aromatic amines is 1. The predicted octanol–water partition coefficient (Wildman–Crippen LogP) is 4.68. The normalized spacial score (nSPS) is 31.6. The lowest BCUT2D eigenvalue weighted by molar-refractivity contribution is -0.122. The first-order valence-corrected chi connectivity index (χ1v) is 12.8. The van der Waals surface area contributed by atoms with Crippen LogP contribution in [0, 0.1) is 5.92 Å². The minimum absolute atomic E-state index is 0.206. The molecular formula is C29H32N4O. The molecular weight excluding hydrogens is 420 g/mol. The highest BCUT2D eigenvalue weighted by atomic mass is 16.2. The molecule has 0 unspecified atom stereocenters. The first kappa shape index (κ1) is 20.5. The van der Waals surface area contributed by atoms with Crippen LogP contribution in [0.1, 0.15) is 49.0 Å². The summed E-state index contributed by atoms with van der Waals surface area (Å²) in [6.45, 7) is 5.18. The highest BCUT2D eigenvalue weighted by Crippen LogP contribution is 2.52. The van der Waals surface area contributed by atoms with E-state index in [9.17, 15) is 4.79 Å². The summed E-state index contributed by atoms with van der Waals surface area (Å²) in [5, 5.41) is 8.41. The Balaban J connectivity index is 1.23. The van der Waals surface area contributed by atoms with Crippen LogP contribution in [0.3, 0.4) is 0 Å². The molecule has 2 fully saturated rings. The SMILES string of the molecule is C/C=C1\CN2CC[C@@]3(C(=O)Nc4ccccc43)[C@@H]2C[C@H]1C[C@@H]1NCCc2c1[nH]c1ccccc21. The molecule has 7 rings (SSSR count). The van der Waals surface area contributed by atoms with E-state index in [0.717, 1.165) is 51.0 Å². The Kier molecular flexibility index (Phi) is 4.55. The number of carbonyl (C=O) groups excluding carboxylic acids is 1. The number of amides is 1. The van der Waals surface area contributed by atoms with E-state index >= 15 is 0 Å². The lowest BCUT2D eigenvalue weighted by atomic mass is 9.69. The molecule has 0 aliphatic carbocycles. The molecule has 2 aromatic carbocycles. The highest BCUT2D eigenvalue weighted by Gasteiger charge is 2.59. The average molecular weight is 453 g/mol. The Bertz CT molecular complexity index is 1320. The van der Waals surface area contributed by atoms with Gasteiger partial charge in [0.05, 0.1) is 5.41 Å². The van der Waals surface area contributed by atoms with E-state index in [1.807, 2.05) is 6.07 Å². The van der Waals surface area contributed by atoms with Crippen LogP contribution < -0.4 is 10.6 Å². The van der Waals surface area contributed by atoms with Crippen LogP contribution in [0.25, 0.3) is 10.9 Å². The Hall–Kier alpha value is -2.89. The Morgan fingerprint density at radius 2 is 2.00 bits per heavy atom. The van der Waals surface area contributed by atoms with Gasteiger partial charge in [0.1, 0.15) is 0 Å². The van der Waals surface area contributed by atoms with Crippen molar-refractivity contribution in [1.82, 2.24) is 15.2 Å². The molecule has 5 heteroatoms. The number of anilines is 1. The summed E-state index contributed by atoms with van der Waals surface area (Å²) >= 11 is 0. The quantitative estimate of drug-likeness (QED) is 0.495. The van der Waals surface area contributed by atoms with Gasteiger partial charge in [-0.2, -0.15) is 0 Å². The maximum atomic E-state index is 13.5. The smallest absolute Gasteiger partial charge is 0.236 e. The van der Waals surface area contributed by atoms with Crippen molar-refractivity contribution < 1.29 is 4.79 Å². The van der Waals surface area contributed by atoms with E-state index < -0.39 is 5.41 Å². The van der Waals surface area contributed by atoms with Gasteiger partial charge in [-0.05, 0) is 68.3 Å². The molecule has 1 spiro atoms. The molecule has 0 saturated carbocycles. The van der Waals surface area contributed by atoms with E-state index in [0.29, 0.717) is 12.0 Å². The largest absolute Gasteiger partial charge is 0.357 e. The molecule has 1 amide bonds. The summed E-state index contributed by atoms with van der Waals surface area (Å²) in [5.74, 6) is 0.675. The lowest BCUT2D eigenvalue weighted by Crippen LogP contribution is -2.51. The monoisotopic (exact) mass is 452 g/mol. The van der Waals surface area contributed by atoms with Gasteiger partial charge in [0.25, 0.3) is 0 Å². The minimum atomic E-state index is -0.402.